The molecule has 130 valence electrons. The molecule has 0 fully saturated rings. The Labute approximate surface area is 148 Å². The fraction of sp³-hybridized carbons (Fsp3) is 0.400. The zero-order valence-corrected chi connectivity index (χ0v) is 15.0. The SMILES string of the molecule is CC(C)(C)OC(=O)NCc1nnc(SCc2c(F)cccc2Cl)o1. The first-order valence-corrected chi connectivity index (χ1v) is 8.46. The lowest BCUT2D eigenvalue weighted by Crippen LogP contribution is -2.32. The molecule has 0 saturated carbocycles. The molecule has 1 N–H and O–H groups in total. The Kier molecular flexibility index (Phi) is 6.06. The number of thioether (sulfide) groups is 1. The third kappa shape index (κ3) is 5.68. The van der Waals surface area contributed by atoms with Gasteiger partial charge in [-0.3, -0.25) is 0 Å². The Morgan fingerprint density at radius 2 is 2.17 bits per heavy atom. The van der Waals surface area contributed by atoms with Crippen LogP contribution in [0, 0.1) is 5.82 Å². The predicted molar refractivity (Wildman–Crippen MR) is 88.3 cm³/mol. The lowest BCUT2D eigenvalue weighted by atomic mass is 10.2. The van der Waals surface area contributed by atoms with Gasteiger partial charge in [-0.25, -0.2) is 9.18 Å². The van der Waals surface area contributed by atoms with E-state index in [4.69, 9.17) is 20.8 Å². The van der Waals surface area contributed by atoms with E-state index in [1.54, 1.807) is 32.9 Å². The molecular formula is C15H17ClFN3O3S. The smallest absolute Gasteiger partial charge is 0.408 e. The van der Waals surface area contributed by atoms with Crippen LogP contribution in [0.2, 0.25) is 5.02 Å². The molecule has 0 unspecified atom stereocenters. The zero-order chi connectivity index (χ0) is 17.7. The number of carbonyl (C=O) groups excluding carboxylic acids is 1. The van der Waals surface area contributed by atoms with Crippen LogP contribution in [0.25, 0.3) is 0 Å². The normalized spacial score (nSPS) is 11.4. The van der Waals surface area contributed by atoms with Gasteiger partial charge in [0.15, 0.2) is 0 Å². The largest absolute Gasteiger partial charge is 0.444 e. The van der Waals surface area contributed by atoms with Gasteiger partial charge in [-0.2, -0.15) is 0 Å². The highest BCUT2D eigenvalue weighted by Crippen LogP contribution is 2.27. The van der Waals surface area contributed by atoms with Crippen LogP contribution in [-0.2, 0) is 17.0 Å². The molecule has 9 heteroatoms. The maximum atomic E-state index is 13.7. The third-order valence-electron chi connectivity index (χ3n) is 2.63. The standard InChI is InChI=1S/C15H17ClFN3O3S/c1-15(2,3)23-13(21)18-7-12-19-20-14(22-12)24-8-9-10(16)5-4-6-11(9)17/h4-6H,7-8H2,1-3H3,(H,18,21). The van der Waals surface area contributed by atoms with Gasteiger partial charge >= 0.3 is 6.09 Å². The van der Waals surface area contributed by atoms with E-state index in [1.165, 1.54) is 6.07 Å². The summed E-state index contributed by atoms with van der Waals surface area (Å²) in [6.07, 6.45) is -0.576. The number of halogens is 2. The lowest BCUT2D eigenvalue weighted by molar-refractivity contribution is 0.0518. The number of ether oxygens (including phenoxy) is 1. The topological polar surface area (TPSA) is 77.2 Å². The number of amides is 1. The molecule has 0 aliphatic carbocycles. The quantitative estimate of drug-likeness (QED) is 0.792. The van der Waals surface area contributed by atoms with Gasteiger partial charge in [-0.05, 0) is 32.9 Å². The summed E-state index contributed by atoms with van der Waals surface area (Å²) in [5.74, 6) is 0.0939. The Balaban J connectivity index is 1.86. The van der Waals surface area contributed by atoms with Gasteiger partial charge in [0.05, 0.1) is 6.54 Å². The highest BCUT2D eigenvalue weighted by Gasteiger charge is 2.17. The molecule has 0 saturated heterocycles. The van der Waals surface area contributed by atoms with Crippen LogP contribution < -0.4 is 5.32 Å². The van der Waals surface area contributed by atoms with Gasteiger partial charge in [0.1, 0.15) is 11.4 Å². The minimum atomic E-state index is -0.584. The molecule has 1 amide bonds. The molecule has 0 bridgehead atoms. The fourth-order valence-corrected chi connectivity index (χ4v) is 2.76. The molecule has 1 heterocycles. The van der Waals surface area contributed by atoms with Crippen molar-refractivity contribution in [2.45, 2.75) is 43.9 Å². The Hall–Kier alpha value is -1.80. The molecule has 2 rings (SSSR count). The molecule has 24 heavy (non-hydrogen) atoms. The van der Waals surface area contributed by atoms with Crippen molar-refractivity contribution in [2.24, 2.45) is 0 Å². The van der Waals surface area contributed by atoms with Crippen LogP contribution in [0.1, 0.15) is 32.2 Å². The highest BCUT2D eigenvalue weighted by atomic mass is 35.5. The molecule has 0 aliphatic heterocycles. The summed E-state index contributed by atoms with van der Waals surface area (Å²) in [7, 11) is 0. The number of hydrogen-bond donors (Lipinski definition) is 1. The number of nitrogens with zero attached hydrogens (tertiary/aromatic N) is 2. The van der Waals surface area contributed by atoms with Crippen molar-refractivity contribution in [2.75, 3.05) is 0 Å². The van der Waals surface area contributed by atoms with E-state index >= 15 is 0 Å². The Morgan fingerprint density at radius 1 is 1.42 bits per heavy atom. The third-order valence-corrected chi connectivity index (χ3v) is 3.83. The van der Waals surface area contributed by atoms with Crippen LogP contribution >= 0.6 is 23.4 Å². The minimum Gasteiger partial charge on any atom is -0.444 e. The summed E-state index contributed by atoms with van der Waals surface area (Å²) in [6.45, 7) is 5.34. The van der Waals surface area contributed by atoms with Crippen molar-refractivity contribution < 1.29 is 18.3 Å². The lowest BCUT2D eigenvalue weighted by Gasteiger charge is -2.19. The predicted octanol–water partition coefficient (Wildman–Crippen LogP) is 4.18. The summed E-state index contributed by atoms with van der Waals surface area (Å²) in [6, 6.07) is 4.50. The molecular weight excluding hydrogens is 357 g/mol. The average molecular weight is 374 g/mol. The van der Waals surface area contributed by atoms with E-state index in [1.807, 2.05) is 0 Å². The van der Waals surface area contributed by atoms with E-state index in [9.17, 15) is 9.18 Å². The van der Waals surface area contributed by atoms with Crippen molar-refractivity contribution >= 4 is 29.5 Å². The van der Waals surface area contributed by atoms with Gasteiger partial charge in [0.2, 0.25) is 5.89 Å². The Morgan fingerprint density at radius 3 is 2.83 bits per heavy atom. The number of benzene rings is 1. The zero-order valence-electron chi connectivity index (χ0n) is 13.4. The molecule has 0 spiro atoms. The van der Waals surface area contributed by atoms with E-state index in [2.05, 4.69) is 15.5 Å². The summed E-state index contributed by atoms with van der Waals surface area (Å²) < 4.78 is 24.1. The molecule has 1 aromatic carbocycles. The summed E-state index contributed by atoms with van der Waals surface area (Å²) in [5.41, 5.74) is -0.213. The first-order chi connectivity index (χ1) is 11.2. The molecule has 1 aromatic heterocycles. The number of rotatable bonds is 5. The van der Waals surface area contributed by atoms with Crippen LogP contribution in [0.5, 0.6) is 0 Å². The second kappa shape index (κ2) is 7.85. The summed E-state index contributed by atoms with van der Waals surface area (Å²) in [4.78, 5) is 11.5. The number of aromatic nitrogens is 2. The monoisotopic (exact) mass is 373 g/mol. The first kappa shape index (κ1) is 18.5. The van der Waals surface area contributed by atoms with Crippen LogP contribution in [0.15, 0.2) is 27.8 Å². The van der Waals surface area contributed by atoms with Gasteiger partial charge in [0, 0.05) is 16.3 Å². The second-order valence-corrected chi connectivity index (χ2v) is 7.14. The van der Waals surface area contributed by atoms with Gasteiger partial charge < -0.3 is 14.5 Å². The fourth-order valence-electron chi connectivity index (χ4n) is 1.63. The van der Waals surface area contributed by atoms with Crippen molar-refractivity contribution in [1.82, 2.24) is 15.5 Å². The van der Waals surface area contributed by atoms with Crippen molar-refractivity contribution in [1.29, 1.82) is 0 Å². The summed E-state index contributed by atoms with van der Waals surface area (Å²) >= 11 is 7.12. The van der Waals surface area contributed by atoms with Crippen LogP contribution in [0.3, 0.4) is 0 Å². The molecule has 0 aliphatic rings. The van der Waals surface area contributed by atoms with E-state index < -0.39 is 11.7 Å². The second-order valence-electron chi connectivity index (χ2n) is 5.81. The van der Waals surface area contributed by atoms with Crippen molar-refractivity contribution in [3.8, 4) is 0 Å². The number of carbonyl (C=O) groups is 1. The minimum absolute atomic E-state index is 0.0446. The maximum absolute atomic E-state index is 13.7. The van der Waals surface area contributed by atoms with Crippen molar-refractivity contribution in [3.63, 3.8) is 0 Å². The van der Waals surface area contributed by atoms with E-state index in [-0.39, 0.29) is 29.2 Å². The molecule has 2 aromatic rings. The Bertz CT molecular complexity index is 698. The van der Waals surface area contributed by atoms with E-state index in [0.29, 0.717) is 10.6 Å². The highest BCUT2D eigenvalue weighted by molar-refractivity contribution is 7.98. The molecule has 0 atom stereocenters. The van der Waals surface area contributed by atoms with Crippen LogP contribution in [-0.4, -0.2) is 21.9 Å². The number of nitrogens with one attached hydrogen (secondary N) is 1. The van der Waals surface area contributed by atoms with Gasteiger partial charge in [-0.1, -0.05) is 29.4 Å². The van der Waals surface area contributed by atoms with Crippen molar-refractivity contribution in [3.05, 3.63) is 40.5 Å². The van der Waals surface area contributed by atoms with E-state index in [0.717, 1.165) is 11.8 Å². The number of alkyl carbamates (subject to hydrolysis) is 1. The average Bonchev–Trinajstić information content (AvgIpc) is 2.91. The summed E-state index contributed by atoms with van der Waals surface area (Å²) in [5, 5.41) is 10.8. The van der Waals surface area contributed by atoms with Gasteiger partial charge in [0.25, 0.3) is 5.22 Å². The van der Waals surface area contributed by atoms with Gasteiger partial charge in [-0.15, -0.1) is 10.2 Å². The molecule has 0 radical (unpaired) electrons. The maximum Gasteiger partial charge on any atom is 0.408 e. The number of hydrogen-bond acceptors (Lipinski definition) is 6. The molecule has 6 nitrogen and oxygen atoms in total. The first-order valence-electron chi connectivity index (χ1n) is 7.09. The van der Waals surface area contributed by atoms with Crippen LogP contribution in [0.4, 0.5) is 9.18 Å².